The Bertz CT molecular complexity index is 2720. The predicted octanol–water partition coefficient (Wildman–Crippen LogP) is 47.0. The Morgan fingerprint density at radius 1 is 0.196 bits per heavy atom. The van der Waals surface area contributed by atoms with E-state index in [1.165, 1.54) is 118 Å². The molecule has 0 amide bonds. The van der Waals surface area contributed by atoms with E-state index in [2.05, 4.69) is 474 Å². The second kappa shape index (κ2) is 119. The molecule has 0 fully saturated rings. The van der Waals surface area contributed by atoms with Crippen LogP contribution in [0.25, 0.3) is 0 Å². The van der Waals surface area contributed by atoms with Crippen LogP contribution in [0.4, 0.5) is 0 Å². The van der Waals surface area contributed by atoms with Crippen molar-refractivity contribution in [1.29, 1.82) is 0 Å². The van der Waals surface area contributed by atoms with E-state index in [-0.39, 0.29) is 22.3 Å². The zero-order valence-corrected chi connectivity index (χ0v) is 106. The Kier molecular flexibility index (Phi) is 153. The van der Waals surface area contributed by atoms with Crippen LogP contribution in [-0.2, 0) is 0 Å². The maximum atomic E-state index is 8.52. The Morgan fingerprint density at radius 2 is 0.238 bits per heavy atom. The summed E-state index contributed by atoms with van der Waals surface area (Å²) in [6.45, 7) is 137. The number of rotatable bonds is 14. The van der Waals surface area contributed by atoms with Gasteiger partial charge in [-0.15, -0.1) is 19.7 Å². The molecule has 0 saturated carbocycles. The van der Waals surface area contributed by atoms with Gasteiger partial charge in [0.1, 0.15) is 0 Å². The van der Waals surface area contributed by atoms with Crippen molar-refractivity contribution >= 4 is 0 Å². The van der Waals surface area contributed by atoms with Gasteiger partial charge in [-0.05, 0) is 287 Å². The van der Waals surface area contributed by atoms with E-state index < -0.39 is 28.0 Å². The molecule has 7 aromatic carbocycles. The first-order chi connectivity index (χ1) is 63.3. The van der Waals surface area contributed by atoms with E-state index in [0.29, 0.717) is 57.7 Å². The van der Waals surface area contributed by atoms with Crippen LogP contribution in [0.3, 0.4) is 0 Å². The second-order valence-corrected chi connectivity index (χ2v) is 47.0. The fourth-order valence-corrected chi connectivity index (χ4v) is 7.12. The minimum Gasteiger partial charge on any atom is -0.391 e. The highest BCUT2D eigenvalue weighted by Crippen LogP contribution is 2.23. The summed E-state index contributed by atoms with van der Waals surface area (Å²) in [5.41, 5.74) is 12.6. The zero-order chi connectivity index (χ0) is 115. The molecule has 0 aliphatic rings. The molecule has 0 bridgehead atoms. The van der Waals surface area contributed by atoms with Crippen molar-refractivity contribution in [2.24, 2.45) is 16.2 Å². The average Bonchev–Trinajstić information content (AvgIpc) is 0.958. The summed E-state index contributed by atoms with van der Waals surface area (Å²) in [7, 11) is 0. The second-order valence-electron chi connectivity index (χ2n) is 47.0. The summed E-state index contributed by atoms with van der Waals surface area (Å²) in [5, 5.41) is 42.6. The van der Waals surface area contributed by atoms with Gasteiger partial charge in [0.25, 0.3) is 0 Å². The molecular weight excluding hydrogens is 1740 g/mol. The number of benzene rings is 7. The molecule has 143 heavy (non-hydrogen) atoms. The molecule has 0 aromatic heterocycles. The molecule has 0 heterocycles. The molecule has 7 aromatic rings. The summed E-state index contributed by atoms with van der Waals surface area (Å²) in [4.78, 5) is 0. The molecule has 844 valence electrons. The van der Waals surface area contributed by atoms with Crippen LogP contribution < -0.4 is 0 Å². The van der Waals surface area contributed by atoms with Gasteiger partial charge in [-0.25, -0.2) is 0 Å². The van der Waals surface area contributed by atoms with Crippen molar-refractivity contribution in [2.75, 3.05) is 0 Å². The van der Waals surface area contributed by atoms with Crippen LogP contribution >= 0.6 is 0 Å². The van der Waals surface area contributed by atoms with Gasteiger partial charge in [0.2, 0.25) is 0 Å². The van der Waals surface area contributed by atoms with Crippen molar-refractivity contribution < 1.29 is 25.5 Å². The lowest BCUT2D eigenvalue weighted by Crippen LogP contribution is -2.10. The molecular formula is C138H265O5+3. The monoisotopic (exact) mass is 2000 g/mol. The quantitative estimate of drug-likeness (QED) is 0.0552. The van der Waals surface area contributed by atoms with Gasteiger partial charge in [0, 0.05) is 0 Å². The highest BCUT2D eigenvalue weighted by molar-refractivity contribution is 5.23. The van der Waals surface area contributed by atoms with Crippen LogP contribution in [-0.4, -0.2) is 53.5 Å². The Labute approximate surface area is 907 Å². The van der Waals surface area contributed by atoms with Crippen molar-refractivity contribution in [2.45, 2.75) is 566 Å². The highest BCUT2D eigenvalue weighted by Gasteiger charge is 2.07. The number of allylic oxidation sites excluding steroid dienone is 3. The lowest BCUT2D eigenvalue weighted by atomic mass is 9.99. The van der Waals surface area contributed by atoms with Crippen LogP contribution in [0.2, 0.25) is 0 Å². The van der Waals surface area contributed by atoms with Gasteiger partial charge >= 0.3 is 0 Å². The van der Waals surface area contributed by atoms with Crippen molar-refractivity contribution in [3.05, 3.63) is 305 Å². The standard InChI is InChI=1S/7C10H14.3C5H12.5C4H10O.3C4H9.3C4H8.3C2H6.3CH4/c7*1-3-9(2)10-7-5-4-6-8-10;3*1-5(2,3)4;5*1-4(2,3)5;6*1-4(2)3;3*1-2;;;/h7*4-9H,3H2,1-2H3;3*1-4H3;5*5H,1-3H3;3*1-3H3;3*1H2,2-3H3;3*1-2H3;3*1H4/q;;;;;;;;;;;;;;;3*+1;;;;;;;;;. The van der Waals surface area contributed by atoms with Gasteiger partial charge in [-0.3, -0.25) is 0 Å². The molecule has 0 spiro atoms. The first-order valence-electron chi connectivity index (χ1n) is 53.4. The number of aliphatic hydroxyl groups is 5. The smallest absolute Gasteiger partial charge is 0.0813 e. The molecule has 0 radical (unpaired) electrons. The first kappa shape index (κ1) is 184. The zero-order valence-electron chi connectivity index (χ0n) is 106. The van der Waals surface area contributed by atoms with Crippen LogP contribution in [0.1, 0.15) is 577 Å². The van der Waals surface area contributed by atoms with Crippen LogP contribution in [0.5, 0.6) is 0 Å². The van der Waals surface area contributed by atoms with Crippen molar-refractivity contribution in [1.82, 2.24) is 0 Å². The third-order valence-electron chi connectivity index (χ3n) is 13.9. The molecule has 7 atom stereocenters. The van der Waals surface area contributed by atoms with E-state index in [0.717, 1.165) is 0 Å². The molecule has 7 unspecified atom stereocenters. The van der Waals surface area contributed by atoms with Crippen molar-refractivity contribution in [3.8, 4) is 0 Å². The number of hydrogen-bond acceptors (Lipinski definition) is 5. The largest absolute Gasteiger partial charge is 0.391 e. The average molecular weight is 2000 g/mol. The topological polar surface area (TPSA) is 101 Å². The minimum absolute atomic E-state index is 0. The fraction of sp³-hybridized carbons (Fsp3) is 0.630. The normalized spacial score (nSPS) is 11.0. The predicted molar refractivity (Wildman–Crippen MR) is 678 cm³/mol. The summed E-state index contributed by atoms with van der Waals surface area (Å²) in [6, 6.07) is 74.5. The molecule has 5 nitrogen and oxygen atoms in total. The van der Waals surface area contributed by atoms with E-state index in [4.69, 9.17) is 25.5 Å². The van der Waals surface area contributed by atoms with E-state index in [1.54, 1.807) is 104 Å². The lowest BCUT2D eigenvalue weighted by molar-refractivity contribution is 0.101. The molecule has 5 N–H and O–H groups in total. The van der Waals surface area contributed by atoms with Gasteiger partial charge in [-0.1, -0.05) is 473 Å². The lowest BCUT2D eigenvalue weighted by Gasteiger charge is -2.06. The molecule has 0 aliphatic carbocycles. The molecule has 5 heteroatoms. The van der Waals surface area contributed by atoms with E-state index >= 15 is 0 Å². The Balaban J connectivity index is -0.0000000621. The summed E-state index contributed by atoms with van der Waals surface area (Å²) in [5.74, 6) is 9.22. The highest BCUT2D eigenvalue weighted by atomic mass is 16.3. The Morgan fingerprint density at radius 3 is 0.273 bits per heavy atom. The first-order valence-corrected chi connectivity index (χ1v) is 53.4. The van der Waals surface area contributed by atoms with Gasteiger partial charge in [0.05, 0.1) is 108 Å². The fourth-order valence-electron chi connectivity index (χ4n) is 7.12. The molecule has 0 saturated heterocycles. The molecule has 0 aliphatic heterocycles. The maximum absolute atomic E-state index is 8.52. The maximum Gasteiger partial charge on any atom is 0.0813 e. The SMILES string of the molecule is C.C.C.C=C(C)C.C=C(C)C.C=C(C)C.CC.CC.CC.CC(C)(C)C.CC(C)(C)C.CC(C)(C)C.CC(C)(C)O.CC(C)(C)O.CC(C)(C)O.CC(C)(C)O.CC(C)(C)O.CCC(C)c1ccccc1.CCC(C)c1ccccc1.CCC(C)c1ccccc1.CCC(C)c1ccccc1.CCC(C)c1ccccc1.CCC(C)c1ccccc1.CCC(C)c1ccccc1.C[C+](C)C.C[C+](C)C.C[C+](C)C. The van der Waals surface area contributed by atoms with Gasteiger partial charge in [0.15, 0.2) is 0 Å². The van der Waals surface area contributed by atoms with Crippen molar-refractivity contribution in [3.63, 3.8) is 0 Å². The third kappa shape index (κ3) is 288. The van der Waals surface area contributed by atoms with Crippen LogP contribution in [0.15, 0.2) is 249 Å². The van der Waals surface area contributed by atoms with E-state index in [9.17, 15) is 0 Å². The van der Waals surface area contributed by atoms with E-state index in [1.807, 2.05) is 83.1 Å². The summed E-state index contributed by atoms with van der Waals surface area (Å²) >= 11 is 0. The van der Waals surface area contributed by atoms with Gasteiger partial charge in [-0.2, -0.15) is 0 Å². The summed E-state index contributed by atoms with van der Waals surface area (Å²) < 4.78 is 0. The minimum atomic E-state index is -0.500. The number of hydrogen-bond donors (Lipinski definition) is 5. The van der Waals surface area contributed by atoms with Crippen LogP contribution in [0, 0.1) is 34.0 Å². The Hall–Kier alpha value is -6.83. The third-order valence-corrected chi connectivity index (χ3v) is 13.9. The molecule has 7 rings (SSSR count). The van der Waals surface area contributed by atoms with Gasteiger partial charge < -0.3 is 25.5 Å². The summed E-state index contributed by atoms with van der Waals surface area (Å²) in [6.07, 6.45) is 8.58.